The van der Waals surface area contributed by atoms with E-state index < -0.39 is 10.1 Å². The molecule has 0 radical (unpaired) electrons. The maximum absolute atomic E-state index is 11.8. The van der Waals surface area contributed by atoms with Crippen molar-refractivity contribution in [3.8, 4) is 22.7 Å². The highest BCUT2D eigenvalue weighted by molar-refractivity contribution is 7.91. The zero-order valence-corrected chi connectivity index (χ0v) is 12.5. The first-order chi connectivity index (χ1) is 10.00. The van der Waals surface area contributed by atoms with Gasteiger partial charge in [0.05, 0.1) is 12.4 Å². The third-order valence-corrected chi connectivity index (χ3v) is 3.45. The van der Waals surface area contributed by atoms with Crippen LogP contribution in [0.1, 0.15) is 11.1 Å². The van der Waals surface area contributed by atoms with Gasteiger partial charge in [0.2, 0.25) is 0 Å². The van der Waals surface area contributed by atoms with Crippen molar-refractivity contribution in [2.45, 2.75) is 6.92 Å². The van der Waals surface area contributed by atoms with Gasteiger partial charge in [0.15, 0.2) is 0 Å². The molecule has 0 saturated carbocycles. The van der Waals surface area contributed by atoms with Crippen molar-refractivity contribution in [2.24, 2.45) is 0 Å². The molecule has 0 fully saturated rings. The number of hydrogen-bond acceptors (Lipinski definition) is 4. The van der Waals surface area contributed by atoms with Crippen LogP contribution in [0, 0.1) is 18.1 Å². The van der Waals surface area contributed by atoms with Crippen LogP contribution in [0.3, 0.4) is 0 Å². The van der Waals surface area contributed by atoms with E-state index >= 15 is 0 Å². The van der Waals surface area contributed by atoms with E-state index in [0.29, 0.717) is 11.3 Å². The van der Waals surface area contributed by atoms with Crippen LogP contribution in [0.4, 0.5) is 0 Å². The first-order valence-corrected chi connectivity index (χ1v) is 7.58. The lowest BCUT2D eigenvalue weighted by molar-refractivity contribution is 0.415. The molecule has 108 valence electrons. The quantitative estimate of drug-likeness (QED) is 0.646. The van der Waals surface area contributed by atoms with Crippen molar-refractivity contribution in [2.75, 3.05) is 7.11 Å². The summed E-state index contributed by atoms with van der Waals surface area (Å²) in [6, 6.07) is 13.6. The molecule has 0 aliphatic rings. The Morgan fingerprint density at radius 3 is 2.29 bits per heavy atom. The second kappa shape index (κ2) is 6.33. The number of ether oxygens (including phenoxy) is 1. The molecule has 0 heterocycles. The summed E-state index contributed by atoms with van der Waals surface area (Å²) in [5.41, 5.74) is 1.29. The molecule has 0 saturated heterocycles. The van der Waals surface area contributed by atoms with Crippen LogP contribution in [0.5, 0.6) is 11.5 Å². The van der Waals surface area contributed by atoms with Crippen molar-refractivity contribution in [3.63, 3.8) is 0 Å². The lowest BCUT2D eigenvalue weighted by atomic mass is 10.2. The lowest BCUT2D eigenvalue weighted by Crippen LogP contribution is -2.06. The van der Waals surface area contributed by atoms with E-state index in [2.05, 4.69) is 11.2 Å². The van der Waals surface area contributed by atoms with E-state index in [1.54, 1.807) is 62.6 Å². The zero-order chi connectivity index (χ0) is 15.3. The second-order valence-electron chi connectivity index (χ2n) is 4.26. The van der Waals surface area contributed by atoms with Gasteiger partial charge < -0.3 is 8.92 Å². The molecule has 4 nitrogen and oxygen atoms in total. The fraction of sp³-hybridized carbons (Fsp3) is 0.125. The third kappa shape index (κ3) is 4.26. The highest BCUT2D eigenvalue weighted by Crippen LogP contribution is 2.18. The monoisotopic (exact) mass is 302 g/mol. The second-order valence-corrected chi connectivity index (χ2v) is 5.54. The molecule has 0 atom stereocenters. The Morgan fingerprint density at radius 2 is 1.67 bits per heavy atom. The molecule has 0 aromatic heterocycles. The van der Waals surface area contributed by atoms with Crippen molar-refractivity contribution in [1.29, 1.82) is 0 Å². The lowest BCUT2D eigenvalue weighted by Gasteiger charge is -2.04. The molecular formula is C16H14O4S. The van der Waals surface area contributed by atoms with E-state index in [1.165, 1.54) is 0 Å². The van der Waals surface area contributed by atoms with Gasteiger partial charge in [-0.15, -0.1) is 0 Å². The number of aryl methyl sites for hydroxylation is 1. The Balaban J connectivity index is 2.18. The molecule has 0 spiro atoms. The highest BCUT2D eigenvalue weighted by atomic mass is 32.2. The summed E-state index contributed by atoms with van der Waals surface area (Å²) in [6.45, 7) is 1.77. The molecule has 0 aliphatic heterocycles. The zero-order valence-electron chi connectivity index (χ0n) is 11.7. The third-order valence-electron chi connectivity index (χ3n) is 2.70. The maximum atomic E-state index is 11.8. The molecule has 0 N–H and O–H groups in total. The normalized spacial score (nSPS) is 10.4. The van der Waals surface area contributed by atoms with Crippen LogP contribution >= 0.6 is 0 Å². The van der Waals surface area contributed by atoms with E-state index in [1.807, 2.05) is 0 Å². The Hall–Kier alpha value is -2.45. The summed E-state index contributed by atoms with van der Waals surface area (Å²) in [5.74, 6) is 3.52. The summed E-state index contributed by atoms with van der Waals surface area (Å²) in [7, 11) is -2.41. The Labute approximate surface area is 124 Å². The summed E-state index contributed by atoms with van der Waals surface area (Å²) in [5, 5.41) is 2.15. The van der Waals surface area contributed by atoms with Crippen molar-refractivity contribution < 1.29 is 17.3 Å². The molecule has 0 bridgehead atoms. The van der Waals surface area contributed by atoms with Crippen molar-refractivity contribution in [3.05, 3.63) is 59.7 Å². The molecule has 5 heteroatoms. The van der Waals surface area contributed by atoms with Crippen molar-refractivity contribution >= 4 is 10.1 Å². The van der Waals surface area contributed by atoms with Crippen LogP contribution in [0.15, 0.2) is 48.5 Å². The first-order valence-electron chi connectivity index (χ1n) is 6.17. The molecule has 2 aromatic carbocycles. The van der Waals surface area contributed by atoms with Gasteiger partial charge in [0.25, 0.3) is 0 Å². The summed E-state index contributed by atoms with van der Waals surface area (Å²) >= 11 is 0. The predicted octanol–water partition coefficient (Wildman–Crippen LogP) is 2.72. The van der Waals surface area contributed by atoms with E-state index in [0.717, 1.165) is 5.56 Å². The first kappa shape index (κ1) is 14.9. The minimum Gasteiger partial charge on any atom is -0.497 e. The van der Waals surface area contributed by atoms with Gasteiger partial charge in [-0.3, -0.25) is 0 Å². The van der Waals surface area contributed by atoms with Gasteiger partial charge in [-0.1, -0.05) is 18.2 Å². The Bertz CT molecular complexity index is 781. The maximum Gasteiger partial charge on any atom is 0.382 e. The van der Waals surface area contributed by atoms with Gasteiger partial charge >= 0.3 is 10.1 Å². The van der Waals surface area contributed by atoms with Crippen LogP contribution in [0.25, 0.3) is 0 Å². The number of para-hydroxylation sites is 1. The van der Waals surface area contributed by atoms with Gasteiger partial charge in [0, 0.05) is 5.56 Å². The van der Waals surface area contributed by atoms with Crippen LogP contribution in [0.2, 0.25) is 0 Å². The summed E-state index contributed by atoms with van der Waals surface area (Å²) in [4.78, 5) is 0. The van der Waals surface area contributed by atoms with Gasteiger partial charge in [-0.25, -0.2) is 0 Å². The Morgan fingerprint density at radius 1 is 1.00 bits per heavy atom. The molecule has 2 aromatic rings. The highest BCUT2D eigenvalue weighted by Gasteiger charge is 2.10. The largest absolute Gasteiger partial charge is 0.497 e. The topological polar surface area (TPSA) is 52.6 Å². The SMILES string of the molecule is COc1ccc(C#CS(=O)(=O)Oc2ccccc2C)cc1. The van der Waals surface area contributed by atoms with Gasteiger partial charge in [0.1, 0.15) is 11.5 Å². The number of hydrogen-bond donors (Lipinski definition) is 0. The molecule has 2 rings (SSSR count). The predicted molar refractivity (Wildman–Crippen MR) is 80.6 cm³/mol. The summed E-state index contributed by atoms with van der Waals surface area (Å²) in [6.07, 6.45) is 0. The van der Waals surface area contributed by atoms with Crippen LogP contribution < -0.4 is 8.92 Å². The van der Waals surface area contributed by atoms with E-state index in [9.17, 15) is 8.42 Å². The smallest absolute Gasteiger partial charge is 0.382 e. The van der Waals surface area contributed by atoms with E-state index in [-0.39, 0.29) is 5.75 Å². The molecule has 21 heavy (non-hydrogen) atoms. The number of methoxy groups -OCH3 is 1. The molecule has 0 aliphatic carbocycles. The minimum absolute atomic E-state index is 0.279. The average molecular weight is 302 g/mol. The minimum atomic E-state index is -3.96. The Kier molecular flexibility index (Phi) is 4.51. The number of rotatable bonds is 3. The molecule has 0 unspecified atom stereocenters. The summed E-state index contributed by atoms with van der Waals surface area (Å²) < 4.78 is 33.6. The average Bonchev–Trinajstić information content (AvgIpc) is 2.48. The van der Waals surface area contributed by atoms with E-state index in [4.69, 9.17) is 8.92 Å². The fourth-order valence-electron chi connectivity index (χ4n) is 1.58. The molecular weight excluding hydrogens is 288 g/mol. The van der Waals surface area contributed by atoms with Gasteiger partial charge in [-0.2, -0.15) is 8.42 Å². The van der Waals surface area contributed by atoms with Gasteiger partial charge in [-0.05, 0) is 48.7 Å². The fourth-order valence-corrected chi connectivity index (χ4v) is 2.29. The standard InChI is InChI=1S/C16H14O4S/c1-13-5-3-4-6-16(13)20-21(17,18)12-11-14-7-9-15(19-2)10-8-14/h3-10H,1-2H3. The number of benzene rings is 2. The molecule has 0 amide bonds. The van der Waals surface area contributed by atoms with Crippen molar-refractivity contribution in [1.82, 2.24) is 0 Å². The van der Waals surface area contributed by atoms with Crippen LogP contribution in [-0.4, -0.2) is 15.5 Å². The van der Waals surface area contributed by atoms with Crippen LogP contribution in [-0.2, 0) is 10.1 Å².